The summed E-state index contributed by atoms with van der Waals surface area (Å²) in [5.74, 6) is 1.59. The quantitative estimate of drug-likeness (QED) is 0.194. The van der Waals surface area contributed by atoms with Crippen LogP contribution in [0.15, 0.2) is 59.9 Å². The standard InChI is InChI=1S/C27H26Cl2N4O2/c28-19-6-7-21(23(29)11-19)25(30)32-35-26(34)22-15-33(20-4-2-1-3-5-20)31-24(22)27-12-16-8-17(13-27)10-18(9-16)14-27/h1-7,11,15-18H,8-10,12-14H2,(H2,30,32). The van der Waals surface area contributed by atoms with E-state index in [0.717, 1.165) is 30.6 Å². The number of nitrogens with two attached hydrogens (primary N) is 1. The van der Waals surface area contributed by atoms with Crippen molar-refractivity contribution >= 4 is 35.0 Å². The first-order valence-corrected chi connectivity index (χ1v) is 12.8. The van der Waals surface area contributed by atoms with Crippen molar-refractivity contribution in [1.82, 2.24) is 9.78 Å². The van der Waals surface area contributed by atoms with Crippen LogP contribution in [0.2, 0.25) is 10.0 Å². The predicted octanol–water partition coefficient (Wildman–Crippen LogP) is 6.12. The fraction of sp³-hybridized carbons (Fsp3) is 0.370. The van der Waals surface area contributed by atoms with Gasteiger partial charge in [-0.25, -0.2) is 9.48 Å². The Morgan fingerprint density at radius 2 is 1.66 bits per heavy atom. The van der Waals surface area contributed by atoms with E-state index in [-0.39, 0.29) is 11.3 Å². The number of amidine groups is 1. The van der Waals surface area contributed by atoms with Gasteiger partial charge in [-0.05, 0) is 86.6 Å². The summed E-state index contributed by atoms with van der Waals surface area (Å²) in [6.45, 7) is 0. The van der Waals surface area contributed by atoms with Crippen molar-refractivity contribution in [1.29, 1.82) is 0 Å². The largest absolute Gasteiger partial charge is 0.380 e. The maximum Gasteiger partial charge on any atom is 0.369 e. The zero-order chi connectivity index (χ0) is 24.2. The number of hydrogen-bond acceptors (Lipinski definition) is 4. The van der Waals surface area contributed by atoms with Crippen LogP contribution in [0.4, 0.5) is 0 Å². The molecule has 0 unspecified atom stereocenters. The number of aromatic nitrogens is 2. The highest BCUT2D eigenvalue weighted by Crippen LogP contribution is 2.61. The SMILES string of the molecule is N/C(=N\OC(=O)c1cn(-c2ccccc2)nc1C12CC3CC(CC(C3)C1)C2)c1ccc(Cl)cc1Cl. The molecule has 180 valence electrons. The van der Waals surface area contributed by atoms with Gasteiger partial charge in [0.1, 0.15) is 5.56 Å². The molecule has 0 atom stereocenters. The fourth-order valence-corrected chi connectivity index (χ4v) is 7.42. The van der Waals surface area contributed by atoms with Crippen LogP contribution in [0, 0.1) is 17.8 Å². The third kappa shape index (κ3) is 4.13. The van der Waals surface area contributed by atoms with Crippen LogP contribution < -0.4 is 5.73 Å². The monoisotopic (exact) mass is 508 g/mol. The van der Waals surface area contributed by atoms with Gasteiger partial charge in [0.2, 0.25) is 0 Å². The molecule has 1 heterocycles. The summed E-state index contributed by atoms with van der Waals surface area (Å²) >= 11 is 12.2. The number of rotatable bonds is 5. The molecule has 4 fully saturated rings. The molecule has 1 aromatic heterocycles. The van der Waals surface area contributed by atoms with Crippen LogP contribution in [0.25, 0.3) is 5.69 Å². The first-order valence-electron chi connectivity index (χ1n) is 12.1. The van der Waals surface area contributed by atoms with Gasteiger partial charge in [0.05, 0.1) is 16.4 Å². The molecular formula is C27H26Cl2N4O2. The molecule has 2 N–H and O–H groups in total. The van der Waals surface area contributed by atoms with Crippen LogP contribution in [0.1, 0.15) is 60.1 Å². The molecule has 0 saturated heterocycles. The lowest BCUT2D eigenvalue weighted by Crippen LogP contribution is -2.49. The van der Waals surface area contributed by atoms with E-state index < -0.39 is 5.97 Å². The van der Waals surface area contributed by atoms with Gasteiger partial charge in [-0.15, -0.1) is 0 Å². The van der Waals surface area contributed by atoms with E-state index in [1.54, 1.807) is 29.1 Å². The minimum absolute atomic E-state index is 0.00632. The minimum atomic E-state index is -0.564. The van der Waals surface area contributed by atoms with Gasteiger partial charge < -0.3 is 10.6 Å². The summed E-state index contributed by atoms with van der Waals surface area (Å²) in [6.07, 6.45) is 8.93. The average molecular weight is 509 g/mol. The van der Waals surface area contributed by atoms with Crippen LogP contribution in [-0.2, 0) is 10.3 Å². The maximum absolute atomic E-state index is 13.4. The molecule has 4 bridgehead atoms. The normalized spacial score (nSPS) is 27.3. The predicted molar refractivity (Wildman–Crippen MR) is 136 cm³/mol. The second-order valence-electron chi connectivity index (χ2n) is 10.3. The fourth-order valence-electron chi connectivity index (χ4n) is 6.91. The Morgan fingerprint density at radius 3 is 2.29 bits per heavy atom. The molecule has 0 radical (unpaired) electrons. The van der Waals surface area contributed by atoms with Crippen molar-refractivity contribution in [3.8, 4) is 5.69 Å². The van der Waals surface area contributed by atoms with Gasteiger partial charge in [-0.1, -0.05) is 46.6 Å². The van der Waals surface area contributed by atoms with Crippen molar-refractivity contribution in [2.45, 2.75) is 43.9 Å². The lowest BCUT2D eigenvalue weighted by atomic mass is 9.48. The second kappa shape index (κ2) is 8.68. The molecule has 0 spiro atoms. The van der Waals surface area contributed by atoms with E-state index in [1.807, 2.05) is 30.3 Å². The van der Waals surface area contributed by atoms with Gasteiger partial charge in [0.15, 0.2) is 5.84 Å². The summed E-state index contributed by atoms with van der Waals surface area (Å²) < 4.78 is 1.79. The Labute approximate surface area is 214 Å². The van der Waals surface area contributed by atoms with Gasteiger partial charge in [0.25, 0.3) is 0 Å². The van der Waals surface area contributed by atoms with E-state index in [0.29, 0.717) is 38.9 Å². The lowest BCUT2D eigenvalue weighted by molar-refractivity contribution is -0.00818. The number of carbonyl (C=O) groups is 1. The Balaban J connectivity index is 1.36. The topological polar surface area (TPSA) is 82.5 Å². The van der Waals surface area contributed by atoms with Crippen LogP contribution >= 0.6 is 23.2 Å². The van der Waals surface area contributed by atoms with Gasteiger partial charge in [0, 0.05) is 22.2 Å². The highest BCUT2D eigenvalue weighted by molar-refractivity contribution is 6.36. The lowest BCUT2D eigenvalue weighted by Gasteiger charge is -2.56. The third-order valence-corrected chi connectivity index (χ3v) is 8.48. The smallest absolute Gasteiger partial charge is 0.369 e. The van der Waals surface area contributed by atoms with Crippen LogP contribution in [-0.4, -0.2) is 21.6 Å². The van der Waals surface area contributed by atoms with E-state index in [1.165, 1.54) is 19.3 Å². The molecule has 3 aromatic rings. The van der Waals surface area contributed by atoms with E-state index >= 15 is 0 Å². The minimum Gasteiger partial charge on any atom is -0.380 e. The van der Waals surface area contributed by atoms with E-state index in [4.69, 9.17) is 38.9 Å². The highest BCUT2D eigenvalue weighted by Gasteiger charge is 2.54. The molecule has 8 heteroatoms. The van der Waals surface area contributed by atoms with Crippen LogP contribution in [0.5, 0.6) is 0 Å². The van der Waals surface area contributed by atoms with Gasteiger partial charge in [-0.2, -0.15) is 5.10 Å². The van der Waals surface area contributed by atoms with Crippen molar-refractivity contribution in [3.63, 3.8) is 0 Å². The number of para-hydroxylation sites is 1. The van der Waals surface area contributed by atoms with Crippen molar-refractivity contribution < 1.29 is 9.63 Å². The zero-order valence-corrected chi connectivity index (χ0v) is 20.7. The first-order chi connectivity index (χ1) is 16.9. The number of halogens is 2. The highest BCUT2D eigenvalue weighted by atomic mass is 35.5. The van der Waals surface area contributed by atoms with Crippen molar-refractivity contribution in [2.75, 3.05) is 0 Å². The number of nitrogens with zero attached hydrogens (tertiary/aromatic N) is 3. The summed E-state index contributed by atoms with van der Waals surface area (Å²) in [7, 11) is 0. The summed E-state index contributed by atoms with van der Waals surface area (Å²) in [5, 5.41) is 9.73. The van der Waals surface area contributed by atoms with Gasteiger partial charge >= 0.3 is 5.97 Å². The Kier molecular flexibility index (Phi) is 5.61. The molecule has 7 rings (SSSR count). The van der Waals surface area contributed by atoms with Gasteiger partial charge in [-0.3, -0.25) is 0 Å². The van der Waals surface area contributed by atoms with Crippen molar-refractivity contribution in [2.24, 2.45) is 28.6 Å². The Morgan fingerprint density at radius 1 is 1.00 bits per heavy atom. The summed E-state index contributed by atoms with van der Waals surface area (Å²) in [5.41, 5.74) is 8.63. The molecular weight excluding hydrogens is 483 g/mol. The van der Waals surface area contributed by atoms with E-state index in [2.05, 4.69) is 5.16 Å². The summed E-state index contributed by atoms with van der Waals surface area (Å²) in [6, 6.07) is 14.7. The first kappa shape index (κ1) is 22.6. The number of hydrogen-bond donors (Lipinski definition) is 1. The molecule has 0 amide bonds. The molecule has 2 aromatic carbocycles. The Bertz CT molecular complexity index is 1280. The number of oxime groups is 1. The molecule has 6 nitrogen and oxygen atoms in total. The molecule has 35 heavy (non-hydrogen) atoms. The molecule has 4 aliphatic carbocycles. The van der Waals surface area contributed by atoms with E-state index in [9.17, 15) is 4.79 Å². The molecule has 4 saturated carbocycles. The number of carbonyl (C=O) groups excluding carboxylic acids is 1. The third-order valence-electron chi connectivity index (χ3n) is 7.93. The van der Waals surface area contributed by atoms with Crippen molar-refractivity contribution in [3.05, 3.63) is 81.6 Å². The average Bonchev–Trinajstić information content (AvgIpc) is 3.29. The summed E-state index contributed by atoms with van der Waals surface area (Å²) in [4.78, 5) is 18.7. The second-order valence-corrected chi connectivity index (χ2v) is 11.2. The molecule has 0 aliphatic heterocycles. The number of benzene rings is 2. The zero-order valence-electron chi connectivity index (χ0n) is 19.2. The Hall–Kier alpha value is -2.83. The maximum atomic E-state index is 13.4. The van der Waals surface area contributed by atoms with Crippen LogP contribution in [0.3, 0.4) is 0 Å². The molecule has 4 aliphatic rings.